The van der Waals surface area contributed by atoms with E-state index in [4.69, 9.17) is 16.3 Å². The first-order valence-corrected chi connectivity index (χ1v) is 6.80. The molecule has 94 valence electrons. The number of rotatable bonds is 4. The van der Waals surface area contributed by atoms with Crippen LogP contribution in [0.25, 0.3) is 0 Å². The monoisotopic (exact) mass is 280 g/mol. The number of aryl methyl sites for hydroxylation is 1. The summed E-state index contributed by atoms with van der Waals surface area (Å²) in [6, 6.07) is 8.38. The maximum Gasteiger partial charge on any atom is 0.188 e. The molecule has 1 aromatic carbocycles. The van der Waals surface area contributed by atoms with E-state index in [0.29, 0.717) is 10.9 Å². The molecule has 0 aliphatic heterocycles. The van der Waals surface area contributed by atoms with E-state index in [9.17, 15) is 0 Å². The second-order valence-electron chi connectivity index (χ2n) is 3.78. The number of thioether (sulfide) groups is 1. The fourth-order valence-electron chi connectivity index (χ4n) is 1.57. The van der Waals surface area contributed by atoms with Gasteiger partial charge in [0.1, 0.15) is 11.4 Å². The lowest BCUT2D eigenvalue weighted by atomic mass is 10.2. The van der Waals surface area contributed by atoms with Gasteiger partial charge in [-0.05, 0) is 12.5 Å². The Morgan fingerprint density at radius 1 is 1.33 bits per heavy atom. The molecule has 0 radical (unpaired) electrons. The zero-order valence-electron chi connectivity index (χ0n) is 10.2. The maximum atomic E-state index is 5.95. The Kier molecular flexibility index (Phi) is 4.44. The molecule has 0 saturated carbocycles. The first kappa shape index (κ1) is 13.2. The van der Waals surface area contributed by atoms with Gasteiger partial charge in [0, 0.05) is 5.75 Å². The van der Waals surface area contributed by atoms with Gasteiger partial charge in [0.2, 0.25) is 0 Å². The Morgan fingerprint density at radius 3 is 2.89 bits per heavy atom. The van der Waals surface area contributed by atoms with E-state index in [1.807, 2.05) is 0 Å². The molecule has 1 heterocycles. The van der Waals surface area contributed by atoms with Crippen LogP contribution < -0.4 is 4.74 Å². The lowest BCUT2D eigenvalue weighted by Gasteiger charge is -2.07. The van der Waals surface area contributed by atoms with Crippen LogP contribution in [0.5, 0.6) is 5.75 Å². The molecule has 18 heavy (non-hydrogen) atoms. The van der Waals surface area contributed by atoms with Crippen molar-refractivity contribution in [2.45, 2.75) is 17.7 Å². The number of ether oxygens (including phenoxy) is 1. The fourth-order valence-corrected chi connectivity index (χ4v) is 2.75. The number of nitrogens with zero attached hydrogens (tertiary/aromatic N) is 2. The third-order valence-electron chi connectivity index (χ3n) is 2.39. The molecular weight excluding hydrogens is 268 g/mol. The van der Waals surface area contributed by atoms with Gasteiger partial charge in [-0.1, -0.05) is 53.2 Å². The first-order chi connectivity index (χ1) is 8.70. The van der Waals surface area contributed by atoms with Crippen molar-refractivity contribution in [2.24, 2.45) is 0 Å². The molecule has 0 atom stereocenters. The molecule has 3 nitrogen and oxygen atoms in total. The smallest absolute Gasteiger partial charge is 0.188 e. The van der Waals surface area contributed by atoms with Crippen LogP contribution in [0, 0.1) is 6.92 Å². The highest BCUT2D eigenvalue weighted by Crippen LogP contribution is 2.33. The van der Waals surface area contributed by atoms with Crippen molar-refractivity contribution in [3.63, 3.8) is 0 Å². The second kappa shape index (κ2) is 6.07. The zero-order valence-corrected chi connectivity index (χ0v) is 11.8. The van der Waals surface area contributed by atoms with Gasteiger partial charge < -0.3 is 4.74 Å². The maximum absolute atomic E-state index is 5.95. The van der Waals surface area contributed by atoms with Crippen LogP contribution >= 0.6 is 23.4 Å². The number of halogens is 1. The Labute approximate surface area is 116 Å². The van der Waals surface area contributed by atoms with Gasteiger partial charge in [-0.15, -0.1) is 0 Å². The van der Waals surface area contributed by atoms with Crippen LogP contribution in [0.4, 0.5) is 0 Å². The summed E-state index contributed by atoms with van der Waals surface area (Å²) in [6.07, 6.45) is 1.45. The quantitative estimate of drug-likeness (QED) is 0.631. The van der Waals surface area contributed by atoms with Gasteiger partial charge in [0.25, 0.3) is 0 Å². The van der Waals surface area contributed by atoms with Crippen LogP contribution in [0.2, 0.25) is 5.15 Å². The van der Waals surface area contributed by atoms with Crippen molar-refractivity contribution in [1.29, 1.82) is 0 Å². The van der Waals surface area contributed by atoms with Gasteiger partial charge in [-0.2, -0.15) is 0 Å². The van der Waals surface area contributed by atoms with Crippen molar-refractivity contribution in [3.05, 3.63) is 46.9 Å². The molecule has 0 amide bonds. The van der Waals surface area contributed by atoms with Crippen molar-refractivity contribution in [1.82, 2.24) is 9.97 Å². The van der Waals surface area contributed by atoms with Gasteiger partial charge in [-0.25, -0.2) is 9.97 Å². The molecule has 0 unspecified atom stereocenters. The fraction of sp³-hybridized carbons (Fsp3) is 0.231. The predicted octanol–water partition coefficient (Wildman–Crippen LogP) is 3.74. The number of benzene rings is 1. The Hall–Kier alpha value is -1.26. The average Bonchev–Trinajstić information content (AvgIpc) is 2.36. The van der Waals surface area contributed by atoms with Gasteiger partial charge in [0.05, 0.1) is 7.11 Å². The van der Waals surface area contributed by atoms with Gasteiger partial charge >= 0.3 is 0 Å². The van der Waals surface area contributed by atoms with Crippen LogP contribution in [0.3, 0.4) is 0 Å². The lowest BCUT2D eigenvalue weighted by molar-refractivity contribution is 0.398. The molecule has 5 heteroatoms. The number of aromatic nitrogens is 2. The molecule has 0 aliphatic rings. The first-order valence-electron chi connectivity index (χ1n) is 5.43. The largest absolute Gasteiger partial charge is 0.491 e. The molecule has 0 fully saturated rings. The normalized spacial score (nSPS) is 10.4. The van der Waals surface area contributed by atoms with E-state index in [0.717, 1.165) is 10.8 Å². The molecule has 1 aromatic heterocycles. The summed E-state index contributed by atoms with van der Waals surface area (Å²) in [7, 11) is 1.57. The van der Waals surface area contributed by atoms with Crippen molar-refractivity contribution >= 4 is 23.4 Å². The van der Waals surface area contributed by atoms with E-state index >= 15 is 0 Å². The van der Waals surface area contributed by atoms with Crippen LogP contribution in [0.1, 0.15) is 11.1 Å². The van der Waals surface area contributed by atoms with Crippen LogP contribution in [-0.4, -0.2) is 17.1 Å². The third-order valence-corrected chi connectivity index (χ3v) is 3.70. The molecule has 0 bridgehead atoms. The molecule has 0 aliphatic carbocycles. The standard InChI is InChI=1S/C13H13ClN2OS/c1-9-4-3-5-10(6-9)7-18-13-11(17-2)12(14)15-8-16-13/h3-6,8H,7H2,1-2H3. The summed E-state index contributed by atoms with van der Waals surface area (Å²) in [6.45, 7) is 2.08. The van der Waals surface area contributed by atoms with E-state index in [1.54, 1.807) is 18.9 Å². The third kappa shape index (κ3) is 3.15. The second-order valence-corrected chi connectivity index (χ2v) is 5.10. The molecule has 0 N–H and O–H groups in total. The minimum atomic E-state index is 0.347. The molecule has 2 aromatic rings. The number of hydrogen-bond acceptors (Lipinski definition) is 4. The molecule has 0 saturated heterocycles. The minimum absolute atomic E-state index is 0.347. The average molecular weight is 281 g/mol. The summed E-state index contributed by atoms with van der Waals surface area (Å²) >= 11 is 7.53. The van der Waals surface area contributed by atoms with Crippen molar-refractivity contribution in [2.75, 3.05) is 7.11 Å². The highest BCUT2D eigenvalue weighted by molar-refractivity contribution is 7.98. The molecule has 0 spiro atoms. The summed E-state index contributed by atoms with van der Waals surface area (Å²) in [4.78, 5) is 8.09. The highest BCUT2D eigenvalue weighted by atomic mass is 35.5. The summed E-state index contributed by atoms with van der Waals surface area (Å²) in [5.41, 5.74) is 2.50. The van der Waals surface area contributed by atoms with Crippen molar-refractivity contribution in [3.8, 4) is 5.75 Å². The predicted molar refractivity (Wildman–Crippen MR) is 74.3 cm³/mol. The summed E-state index contributed by atoms with van der Waals surface area (Å²) in [5.74, 6) is 1.36. The van der Waals surface area contributed by atoms with Gasteiger partial charge in [-0.3, -0.25) is 0 Å². The topological polar surface area (TPSA) is 35.0 Å². The van der Waals surface area contributed by atoms with E-state index in [2.05, 4.69) is 41.2 Å². The minimum Gasteiger partial charge on any atom is -0.491 e. The van der Waals surface area contributed by atoms with Gasteiger partial charge in [0.15, 0.2) is 10.9 Å². The molecular formula is C13H13ClN2OS. The van der Waals surface area contributed by atoms with Crippen LogP contribution in [0.15, 0.2) is 35.6 Å². The number of methoxy groups -OCH3 is 1. The Morgan fingerprint density at radius 2 is 2.17 bits per heavy atom. The molecule has 2 rings (SSSR count). The van der Waals surface area contributed by atoms with Crippen molar-refractivity contribution < 1.29 is 4.74 Å². The van der Waals surface area contributed by atoms with E-state index < -0.39 is 0 Å². The van der Waals surface area contributed by atoms with Crippen LogP contribution in [-0.2, 0) is 5.75 Å². The highest BCUT2D eigenvalue weighted by Gasteiger charge is 2.10. The SMILES string of the molecule is COc1c(Cl)ncnc1SCc1cccc(C)c1. The van der Waals surface area contributed by atoms with E-state index in [1.165, 1.54) is 17.5 Å². The summed E-state index contributed by atoms with van der Waals surface area (Å²) in [5, 5.41) is 1.11. The summed E-state index contributed by atoms with van der Waals surface area (Å²) < 4.78 is 5.21. The number of hydrogen-bond donors (Lipinski definition) is 0. The zero-order chi connectivity index (χ0) is 13.0. The Bertz CT molecular complexity index is 548. The lowest BCUT2D eigenvalue weighted by Crippen LogP contribution is -1.93. The van der Waals surface area contributed by atoms with E-state index in [-0.39, 0.29) is 0 Å². The Balaban J connectivity index is 2.13.